The molecule has 1 N–H and O–H groups in total. The number of amides is 2. The molecule has 0 spiro atoms. The van der Waals surface area contributed by atoms with E-state index < -0.39 is 10.8 Å². The SMILES string of the molecule is C[C@H](C[S@](C)=O)N(C)C(=O)NC[C@@H]1CCCO1. The van der Waals surface area contributed by atoms with Gasteiger partial charge in [-0.05, 0) is 19.8 Å². The van der Waals surface area contributed by atoms with Gasteiger partial charge in [-0.25, -0.2) is 4.79 Å². The minimum atomic E-state index is -0.885. The van der Waals surface area contributed by atoms with Crippen molar-refractivity contribution in [3.05, 3.63) is 0 Å². The molecule has 0 aliphatic carbocycles. The van der Waals surface area contributed by atoms with Crippen LogP contribution in [0.5, 0.6) is 0 Å². The number of hydrogen-bond donors (Lipinski definition) is 1. The van der Waals surface area contributed by atoms with Gasteiger partial charge in [0.25, 0.3) is 0 Å². The second-order valence-electron chi connectivity index (χ2n) is 4.52. The van der Waals surface area contributed by atoms with E-state index in [9.17, 15) is 9.00 Å². The summed E-state index contributed by atoms with van der Waals surface area (Å²) in [4.78, 5) is 13.4. The van der Waals surface area contributed by atoms with Crippen LogP contribution in [0.25, 0.3) is 0 Å². The summed E-state index contributed by atoms with van der Waals surface area (Å²) in [6.45, 7) is 3.25. The van der Waals surface area contributed by atoms with E-state index in [2.05, 4.69) is 5.32 Å². The summed E-state index contributed by atoms with van der Waals surface area (Å²) in [5.41, 5.74) is 0. The predicted molar refractivity (Wildman–Crippen MR) is 68.5 cm³/mol. The van der Waals surface area contributed by atoms with Gasteiger partial charge in [-0.1, -0.05) is 0 Å². The van der Waals surface area contributed by atoms with Gasteiger partial charge in [0.15, 0.2) is 0 Å². The Hall–Kier alpha value is -0.620. The summed E-state index contributed by atoms with van der Waals surface area (Å²) in [5.74, 6) is 0.504. The molecule has 3 atom stereocenters. The highest BCUT2D eigenvalue weighted by Gasteiger charge is 2.20. The fourth-order valence-electron chi connectivity index (χ4n) is 1.78. The van der Waals surface area contributed by atoms with Crippen LogP contribution in [0.4, 0.5) is 4.79 Å². The monoisotopic (exact) mass is 262 g/mol. The number of carbonyl (C=O) groups excluding carboxylic acids is 1. The van der Waals surface area contributed by atoms with E-state index in [1.807, 2.05) is 6.92 Å². The molecule has 0 aromatic heterocycles. The zero-order chi connectivity index (χ0) is 12.8. The molecule has 1 saturated heterocycles. The highest BCUT2D eigenvalue weighted by atomic mass is 32.2. The molecule has 2 amide bonds. The first-order valence-corrected chi connectivity index (χ1v) is 7.65. The van der Waals surface area contributed by atoms with E-state index >= 15 is 0 Å². The molecule has 0 bridgehead atoms. The maximum absolute atomic E-state index is 11.8. The molecule has 6 heteroatoms. The first-order valence-electron chi connectivity index (χ1n) is 5.93. The first kappa shape index (κ1) is 14.4. The number of carbonyl (C=O) groups is 1. The van der Waals surface area contributed by atoms with E-state index in [-0.39, 0.29) is 18.2 Å². The van der Waals surface area contributed by atoms with E-state index in [0.717, 1.165) is 19.4 Å². The first-order chi connectivity index (χ1) is 8.00. The third-order valence-corrected chi connectivity index (χ3v) is 3.91. The zero-order valence-electron chi connectivity index (χ0n) is 10.8. The van der Waals surface area contributed by atoms with Crippen LogP contribution in [0, 0.1) is 0 Å². The Morgan fingerprint density at radius 1 is 1.65 bits per heavy atom. The van der Waals surface area contributed by atoms with Crippen molar-refractivity contribution >= 4 is 16.8 Å². The summed E-state index contributed by atoms with van der Waals surface area (Å²) in [6, 6.07) is -0.149. The molecular weight excluding hydrogens is 240 g/mol. The summed E-state index contributed by atoms with van der Waals surface area (Å²) >= 11 is 0. The lowest BCUT2D eigenvalue weighted by Gasteiger charge is -2.25. The topological polar surface area (TPSA) is 58.6 Å². The summed E-state index contributed by atoms with van der Waals surface area (Å²) < 4.78 is 16.5. The minimum absolute atomic E-state index is 0.0228. The largest absolute Gasteiger partial charge is 0.376 e. The van der Waals surface area contributed by atoms with Crippen LogP contribution in [0.15, 0.2) is 0 Å². The van der Waals surface area contributed by atoms with Crippen LogP contribution in [-0.4, -0.2) is 59.5 Å². The maximum atomic E-state index is 11.8. The Balaban J connectivity index is 2.27. The van der Waals surface area contributed by atoms with Gasteiger partial charge in [0, 0.05) is 49.0 Å². The van der Waals surface area contributed by atoms with Crippen molar-refractivity contribution in [2.24, 2.45) is 0 Å². The molecule has 1 fully saturated rings. The molecule has 0 unspecified atom stereocenters. The minimum Gasteiger partial charge on any atom is -0.376 e. The Morgan fingerprint density at radius 3 is 2.88 bits per heavy atom. The van der Waals surface area contributed by atoms with Crippen LogP contribution >= 0.6 is 0 Å². The summed E-state index contributed by atoms with van der Waals surface area (Å²) in [5, 5.41) is 2.84. The average molecular weight is 262 g/mol. The smallest absolute Gasteiger partial charge is 0.317 e. The second-order valence-corrected chi connectivity index (χ2v) is 6.00. The van der Waals surface area contributed by atoms with Crippen molar-refractivity contribution in [3.8, 4) is 0 Å². The number of nitrogens with zero attached hydrogens (tertiary/aromatic N) is 1. The van der Waals surface area contributed by atoms with Crippen LogP contribution in [0.3, 0.4) is 0 Å². The van der Waals surface area contributed by atoms with Gasteiger partial charge in [0.2, 0.25) is 0 Å². The number of hydrogen-bond acceptors (Lipinski definition) is 3. The Kier molecular flexibility index (Phi) is 5.91. The fourth-order valence-corrected chi connectivity index (χ4v) is 2.69. The number of ether oxygens (including phenoxy) is 1. The summed E-state index contributed by atoms with van der Waals surface area (Å²) in [7, 11) is 0.840. The van der Waals surface area contributed by atoms with Crippen LogP contribution < -0.4 is 5.32 Å². The molecule has 0 radical (unpaired) electrons. The van der Waals surface area contributed by atoms with E-state index in [1.165, 1.54) is 0 Å². The second kappa shape index (κ2) is 6.96. The molecule has 0 aromatic rings. The van der Waals surface area contributed by atoms with E-state index in [4.69, 9.17) is 4.74 Å². The number of rotatable bonds is 5. The highest BCUT2D eigenvalue weighted by Crippen LogP contribution is 2.10. The standard InChI is InChI=1S/C11H22N2O3S/c1-9(8-17(3)15)13(2)11(14)12-7-10-5-4-6-16-10/h9-10H,4-8H2,1-3H3,(H,12,14)/t9-,10+,17+/m1/s1. The van der Waals surface area contributed by atoms with Crippen molar-refractivity contribution < 1.29 is 13.7 Å². The Bertz CT molecular complexity index is 280. The van der Waals surface area contributed by atoms with E-state index in [0.29, 0.717) is 12.3 Å². The predicted octanol–water partition coefficient (Wildman–Crippen LogP) is 0.574. The quantitative estimate of drug-likeness (QED) is 0.788. The van der Waals surface area contributed by atoms with Gasteiger partial charge in [0.1, 0.15) is 0 Å². The lowest BCUT2D eigenvalue weighted by molar-refractivity contribution is 0.109. The molecule has 1 heterocycles. The molecule has 1 aliphatic rings. The lowest BCUT2D eigenvalue weighted by Crippen LogP contribution is -2.46. The maximum Gasteiger partial charge on any atom is 0.317 e. The Morgan fingerprint density at radius 2 is 2.35 bits per heavy atom. The number of urea groups is 1. The molecular formula is C11H22N2O3S. The van der Waals surface area contributed by atoms with Gasteiger partial charge >= 0.3 is 6.03 Å². The molecule has 100 valence electrons. The Labute approximate surface area is 105 Å². The molecule has 5 nitrogen and oxygen atoms in total. The zero-order valence-corrected chi connectivity index (χ0v) is 11.6. The highest BCUT2D eigenvalue weighted by molar-refractivity contribution is 7.84. The van der Waals surface area contributed by atoms with Crippen molar-refractivity contribution in [2.45, 2.75) is 31.9 Å². The third-order valence-electron chi connectivity index (χ3n) is 2.96. The van der Waals surface area contributed by atoms with E-state index in [1.54, 1.807) is 18.2 Å². The van der Waals surface area contributed by atoms with Gasteiger partial charge < -0.3 is 15.0 Å². The van der Waals surface area contributed by atoms with Crippen LogP contribution in [0.1, 0.15) is 19.8 Å². The van der Waals surface area contributed by atoms with Gasteiger partial charge in [0.05, 0.1) is 6.10 Å². The molecule has 1 rings (SSSR count). The molecule has 0 aromatic carbocycles. The number of nitrogens with one attached hydrogen (secondary N) is 1. The van der Waals surface area contributed by atoms with Gasteiger partial charge in [-0.15, -0.1) is 0 Å². The van der Waals surface area contributed by atoms with Crippen molar-refractivity contribution in [1.29, 1.82) is 0 Å². The van der Waals surface area contributed by atoms with Crippen molar-refractivity contribution in [1.82, 2.24) is 10.2 Å². The van der Waals surface area contributed by atoms with Gasteiger partial charge in [-0.2, -0.15) is 0 Å². The average Bonchev–Trinajstić information content (AvgIpc) is 2.76. The van der Waals surface area contributed by atoms with Crippen molar-refractivity contribution in [2.75, 3.05) is 32.2 Å². The molecule has 0 saturated carbocycles. The lowest BCUT2D eigenvalue weighted by atomic mass is 10.2. The van der Waals surface area contributed by atoms with Gasteiger partial charge in [-0.3, -0.25) is 4.21 Å². The fraction of sp³-hybridized carbons (Fsp3) is 0.909. The third kappa shape index (κ3) is 5.04. The normalized spacial score (nSPS) is 23.1. The van der Waals surface area contributed by atoms with Crippen LogP contribution in [-0.2, 0) is 15.5 Å². The molecule has 17 heavy (non-hydrogen) atoms. The van der Waals surface area contributed by atoms with Crippen molar-refractivity contribution in [3.63, 3.8) is 0 Å². The summed E-state index contributed by atoms with van der Waals surface area (Å²) in [6.07, 6.45) is 3.89. The molecule has 1 aliphatic heterocycles. The van der Waals surface area contributed by atoms with Crippen LogP contribution in [0.2, 0.25) is 0 Å².